The summed E-state index contributed by atoms with van der Waals surface area (Å²) in [7, 11) is 0. The lowest BCUT2D eigenvalue weighted by atomic mass is 9.12. The molecular formula is C45H21BF20N2O2. The molecule has 366 valence electrons. The first-order chi connectivity index (χ1) is 32.7. The van der Waals surface area contributed by atoms with Crippen molar-refractivity contribution in [2.75, 3.05) is 0 Å². The van der Waals surface area contributed by atoms with E-state index >= 15 is 35.1 Å². The van der Waals surface area contributed by atoms with Crippen LogP contribution in [0, 0.1) is 137 Å². The number of aromatic nitrogens is 2. The standard InChI is InChI=1S/C24BF20.C21H21N2O2/c26-5-1(6(27)14(35)21(42)13(5)34)25(2-7(28)15(36)22(43)16(37)8(2)29,3-9(30)17(38)23(44)18(39)10(3)31)4-11(32)19(40)24(45)20(41)12(4)33;1-15-11-16(2)20(17(3)12-15)25-21(24)19-14-23(10-9-22-19)13-18-7-5-4-6-8-18/h;4-12,14H,13H2,1-3H3/q-1;+1. The molecule has 4 nitrogen and oxygen atoms in total. The van der Waals surface area contributed by atoms with E-state index in [1.165, 1.54) is 0 Å². The zero-order chi connectivity index (χ0) is 52.2. The van der Waals surface area contributed by atoms with Crippen molar-refractivity contribution in [3.05, 3.63) is 205 Å². The van der Waals surface area contributed by atoms with Crippen LogP contribution >= 0.6 is 0 Å². The molecule has 0 amide bonds. The Bertz CT molecular complexity index is 2880. The minimum Gasteiger partial charge on any atom is -0.421 e. The van der Waals surface area contributed by atoms with Crippen LogP contribution in [0.4, 0.5) is 87.8 Å². The Morgan fingerprint density at radius 1 is 0.471 bits per heavy atom. The summed E-state index contributed by atoms with van der Waals surface area (Å²) in [6.07, 6.45) is -2.04. The number of benzene rings is 6. The maximum atomic E-state index is 15.4. The van der Waals surface area contributed by atoms with Gasteiger partial charge in [-0.05, 0) is 31.9 Å². The quantitative estimate of drug-likeness (QED) is 0.0290. The Labute approximate surface area is 378 Å². The van der Waals surface area contributed by atoms with Crippen molar-refractivity contribution in [3.63, 3.8) is 0 Å². The summed E-state index contributed by atoms with van der Waals surface area (Å²) >= 11 is 0. The predicted molar refractivity (Wildman–Crippen MR) is 205 cm³/mol. The van der Waals surface area contributed by atoms with Crippen LogP contribution < -0.4 is 31.2 Å². The summed E-state index contributed by atoms with van der Waals surface area (Å²) in [6.45, 7) is 6.58. The van der Waals surface area contributed by atoms with E-state index in [9.17, 15) is 57.5 Å². The van der Waals surface area contributed by atoms with E-state index in [1.807, 2.05) is 74.0 Å². The minimum atomic E-state index is -7.22. The molecule has 0 N–H and O–H groups in total. The number of halogens is 20. The van der Waals surface area contributed by atoms with Gasteiger partial charge in [-0.15, -0.1) is 21.9 Å². The van der Waals surface area contributed by atoms with Crippen molar-refractivity contribution in [2.24, 2.45) is 0 Å². The normalized spacial score (nSPS) is 11.5. The van der Waals surface area contributed by atoms with Crippen LogP contribution in [0.1, 0.15) is 32.7 Å². The zero-order valence-electron chi connectivity index (χ0n) is 34.8. The van der Waals surface area contributed by atoms with E-state index in [0.29, 0.717) is 12.3 Å². The molecule has 0 saturated heterocycles. The molecule has 25 heteroatoms. The Morgan fingerprint density at radius 3 is 1.09 bits per heavy atom. The van der Waals surface area contributed by atoms with E-state index in [1.54, 1.807) is 12.4 Å². The first kappa shape index (κ1) is 51.9. The maximum absolute atomic E-state index is 15.4. The van der Waals surface area contributed by atoms with E-state index < -0.39 is 150 Å². The minimum absolute atomic E-state index is 0.290. The molecule has 0 aliphatic heterocycles. The highest BCUT2D eigenvalue weighted by Gasteiger charge is 2.52. The number of esters is 1. The first-order valence-corrected chi connectivity index (χ1v) is 19.2. The van der Waals surface area contributed by atoms with Gasteiger partial charge >= 0.3 is 5.97 Å². The number of carbonyl (C=O) groups excluding carboxylic acids is 1. The summed E-state index contributed by atoms with van der Waals surface area (Å²) in [5.41, 5.74) is -9.85. The van der Waals surface area contributed by atoms with Gasteiger partial charge in [0.1, 0.15) is 58.4 Å². The van der Waals surface area contributed by atoms with Crippen LogP contribution in [0.15, 0.2) is 61.1 Å². The molecule has 1 heterocycles. The molecular weight excluding hydrogens is 991 g/mol. The molecule has 0 spiro atoms. The SMILES string of the molecule is Cc1cc(C)c(OC(=O)c2c[n+](Cc3ccccc3)ccn2)c(C)c1.Fc1c(F)c(F)c([B-](c2c(F)c(F)c(F)c(F)c2F)(c2c(F)c(F)c(F)c(F)c2F)c2c(F)c(F)c(F)c(F)c2F)c(F)c1F. The second-order valence-corrected chi connectivity index (χ2v) is 15.0. The van der Waals surface area contributed by atoms with E-state index in [2.05, 4.69) is 4.98 Å². The fourth-order valence-electron chi connectivity index (χ4n) is 7.78. The van der Waals surface area contributed by atoms with Crippen molar-refractivity contribution < 1.29 is 102 Å². The van der Waals surface area contributed by atoms with Gasteiger partial charge in [0.25, 0.3) is 0 Å². The summed E-state index contributed by atoms with van der Waals surface area (Å²) in [6, 6.07) is 14.1. The number of hydrogen-bond donors (Lipinski definition) is 0. The number of carbonyl (C=O) groups is 1. The Balaban J connectivity index is 0.000000270. The molecule has 0 aliphatic rings. The van der Waals surface area contributed by atoms with Gasteiger partial charge in [-0.25, -0.2) is 97.6 Å². The molecule has 0 radical (unpaired) electrons. The van der Waals surface area contributed by atoms with E-state index in [4.69, 9.17) is 4.74 Å². The number of nitrogens with zero attached hydrogens (tertiary/aromatic N) is 2. The van der Waals surface area contributed by atoms with E-state index in [0.717, 1.165) is 22.3 Å². The summed E-state index contributed by atoms with van der Waals surface area (Å²) in [5, 5.41) is 0. The number of hydrogen-bond acceptors (Lipinski definition) is 3. The maximum Gasteiger partial charge on any atom is 0.368 e. The van der Waals surface area contributed by atoms with Crippen molar-refractivity contribution in [1.82, 2.24) is 4.98 Å². The van der Waals surface area contributed by atoms with Crippen LogP contribution in [0.3, 0.4) is 0 Å². The lowest BCUT2D eigenvalue weighted by Gasteiger charge is -2.44. The number of aryl methyl sites for hydroxylation is 3. The molecule has 7 rings (SSSR count). The molecule has 0 bridgehead atoms. The van der Waals surface area contributed by atoms with Gasteiger partial charge in [0.15, 0.2) is 82.5 Å². The van der Waals surface area contributed by atoms with Crippen molar-refractivity contribution in [2.45, 2.75) is 27.3 Å². The van der Waals surface area contributed by atoms with Gasteiger partial charge in [0, 0.05) is 5.56 Å². The third-order valence-corrected chi connectivity index (χ3v) is 10.7. The molecule has 1 aromatic heterocycles. The Kier molecular flexibility index (Phi) is 14.5. The van der Waals surface area contributed by atoms with Crippen molar-refractivity contribution in [1.29, 1.82) is 0 Å². The third kappa shape index (κ3) is 8.54. The lowest BCUT2D eigenvalue weighted by molar-refractivity contribution is -0.689. The largest absolute Gasteiger partial charge is 0.421 e. The van der Waals surface area contributed by atoms with Gasteiger partial charge in [-0.3, -0.25) is 0 Å². The van der Waals surface area contributed by atoms with Crippen LogP contribution in [-0.2, 0) is 6.54 Å². The zero-order valence-corrected chi connectivity index (χ0v) is 34.8. The molecule has 0 fully saturated rings. The van der Waals surface area contributed by atoms with Crippen molar-refractivity contribution >= 4 is 34.0 Å². The monoisotopic (exact) mass is 1010 g/mol. The van der Waals surface area contributed by atoms with E-state index in [-0.39, 0.29) is 5.69 Å². The topological polar surface area (TPSA) is 43.1 Å². The molecule has 0 aliphatic carbocycles. The van der Waals surface area contributed by atoms with Gasteiger partial charge < -0.3 is 4.74 Å². The first-order valence-electron chi connectivity index (χ1n) is 19.2. The van der Waals surface area contributed by atoms with Gasteiger partial charge in [0.2, 0.25) is 11.9 Å². The summed E-state index contributed by atoms with van der Waals surface area (Å²) < 4.78 is 301. The van der Waals surface area contributed by atoms with Gasteiger partial charge in [-0.2, -0.15) is 4.57 Å². The van der Waals surface area contributed by atoms with Crippen molar-refractivity contribution in [3.8, 4) is 5.75 Å². The average Bonchev–Trinajstić information content (AvgIpc) is 3.33. The van der Waals surface area contributed by atoms with Crippen LogP contribution in [0.5, 0.6) is 5.75 Å². The fourth-order valence-corrected chi connectivity index (χ4v) is 7.78. The smallest absolute Gasteiger partial charge is 0.368 e. The highest BCUT2D eigenvalue weighted by Crippen LogP contribution is 2.31. The molecule has 0 unspecified atom stereocenters. The predicted octanol–water partition coefficient (Wildman–Crippen LogP) is 9.41. The van der Waals surface area contributed by atoms with Crippen LogP contribution in [0.2, 0.25) is 0 Å². The number of ether oxygens (including phenoxy) is 1. The van der Waals surface area contributed by atoms with Gasteiger partial charge in [-0.1, -0.05) is 48.0 Å². The van der Waals surface area contributed by atoms with Crippen LogP contribution in [0.25, 0.3) is 0 Å². The second-order valence-electron chi connectivity index (χ2n) is 15.0. The summed E-state index contributed by atoms with van der Waals surface area (Å²) in [4.78, 5) is 16.7. The lowest BCUT2D eigenvalue weighted by Crippen LogP contribution is -2.81. The van der Waals surface area contributed by atoms with Crippen LogP contribution in [-0.4, -0.2) is 17.1 Å². The highest BCUT2D eigenvalue weighted by atomic mass is 19.2. The Morgan fingerprint density at radius 2 is 0.771 bits per heavy atom. The third-order valence-electron chi connectivity index (χ3n) is 10.7. The molecule has 6 aromatic carbocycles. The molecule has 7 aromatic rings. The molecule has 0 atom stereocenters. The highest BCUT2D eigenvalue weighted by molar-refractivity contribution is 7.20. The Hall–Kier alpha value is -7.47. The average molecular weight is 1010 g/mol. The van der Waals surface area contributed by atoms with Gasteiger partial charge in [0.05, 0.1) is 6.20 Å². The fraction of sp³-hybridized carbons (Fsp3) is 0.0889. The number of rotatable bonds is 8. The molecule has 70 heavy (non-hydrogen) atoms. The molecule has 0 saturated carbocycles. The second kappa shape index (κ2) is 19.5. The summed E-state index contributed by atoms with van der Waals surface area (Å²) in [5.74, 6) is -71.2.